The number of amides is 1. The smallest absolute Gasteiger partial charge is 0.257 e. The van der Waals surface area contributed by atoms with E-state index in [-0.39, 0.29) is 35.0 Å². The Labute approximate surface area is 204 Å². The second-order valence-corrected chi connectivity index (χ2v) is 9.25. The van der Waals surface area contributed by atoms with Crippen LogP contribution in [0.3, 0.4) is 0 Å². The molecule has 1 heterocycles. The minimum atomic E-state index is -0.649. The number of halogens is 1. The summed E-state index contributed by atoms with van der Waals surface area (Å²) in [6, 6.07) is 14.3. The quantitative estimate of drug-likeness (QED) is 0.464. The molecule has 0 spiro atoms. The van der Waals surface area contributed by atoms with E-state index in [4.69, 9.17) is 10.5 Å². The van der Waals surface area contributed by atoms with Crippen LogP contribution in [0.15, 0.2) is 54.7 Å². The number of benzene rings is 2. The predicted octanol–water partition coefficient (Wildman–Crippen LogP) is 4.45. The fourth-order valence-corrected chi connectivity index (χ4v) is 4.34. The molecule has 8 heteroatoms. The molecule has 184 valence electrons. The first-order chi connectivity index (χ1) is 16.8. The Morgan fingerprint density at radius 2 is 1.89 bits per heavy atom. The second kappa shape index (κ2) is 10.8. The molecule has 0 unspecified atom stereocenters. The van der Waals surface area contributed by atoms with Crippen LogP contribution in [0, 0.1) is 5.82 Å². The molecule has 0 aliphatic heterocycles. The second-order valence-electron chi connectivity index (χ2n) is 9.25. The molecule has 1 saturated carbocycles. The lowest BCUT2D eigenvalue weighted by Gasteiger charge is -2.27. The van der Waals surface area contributed by atoms with Crippen LogP contribution in [-0.4, -0.2) is 47.1 Å². The van der Waals surface area contributed by atoms with Crippen molar-refractivity contribution in [3.05, 3.63) is 71.7 Å². The lowest BCUT2D eigenvalue weighted by molar-refractivity contribution is 0.0922. The van der Waals surface area contributed by atoms with Gasteiger partial charge in [-0.25, -0.2) is 9.37 Å². The lowest BCUT2D eigenvalue weighted by atomic mass is 9.91. The van der Waals surface area contributed by atoms with Gasteiger partial charge in [0.15, 0.2) is 11.5 Å². The highest BCUT2D eigenvalue weighted by Gasteiger charge is 2.25. The number of phenols is 1. The monoisotopic (exact) mass is 478 g/mol. The van der Waals surface area contributed by atoms with Crippen molar-refractivity contribution >= 4 is 5.91 Å². The number of pyridine rings is 1. The molecular formula is C27H31FN4O3. The summed E-state index contributed by atoms with van der Waals surface area (Å²) in [5, 5.41) is 14.2. The molecule has 4 rings (SSSR count). The van der Waals surface area contributed by atoms with E-state index < -0.39 is 11.7 Å². The first-order valence-corrected chi connectivity index (χ1v) is 11.8. The summed E-state index contributed by atoms with van der Waals surface area (Å²) in [5.74, 6) is -1.09. The third-order valence-corrected chi connectivity index (χ3v) is 6.15. The zero-order chi connectivity index (χ0) is 24.9. The predicted molar refractivity (Wildman–Crippen MR) is 133 cm³/mol. The molecule has 0 atom stereocenters. The van der Waals surface area contributed by atoms with Gasteiger partial charge in [0, 0.05) is 29.8 Å². The largest absolute Gasteiger partial charge is 0.504 e. The number of aromatic hydroxyl groups is 1. The number of rotatable bonds is 7. The number of aromatic nitrogens is 1. The van der Waals surface area contributed by atoms with Crippen molar-refractivity contribution in [2.75, 3.05) is 14.1 Å². The Morgan fingerprint density at radius 3 is 2.57 bits per heavy atom. The van der Waals surface area contributed by atoms with E-state index in [2.05, 4.69) is 10.3 Å². The van der Waals surface area contributed by atoms with Crippen molar-refractivity contribution in [3.8, 4) is 28.5 Å². The van der Waals surface area contributed by atoms with E-state index >= 15 is 0 Å². The number of carbonyl (C=O) groups excluding carboxylic acids is 1. The van der Waals surface area contributed by atoms with Crippen LogP contribution in [0.5, 0.6) is 17.4 Å². The van der Waals surface area contributed by atoms with E-state index in [0.717, 1.165) is 43.5 Å². The summed E-state index contributed by atoms with van der Waals surface area (Å²) < 4.78 is 20.2. The number of carbonyl (C=O) groups is 1. The highest BCUT2D eigenvalue weighted by Crippen LogP contribution is 2.42. The van der Waals surface area contributed by atoms with Gasteiger partial charge in [-0.2, -0.15) is 0 Å². The highest BCUT2D eigenvalue weighted by atomic mass is 19.1. The van der Waals surface area contributed by atoms with Gasteiger partial charge in [-0.05, 0) is 51.4 Å². The SMILES string of the molecule is CN(C)Cc1ccc(-c2ccccc2)c(O)c1Oc1ncc(F)cc1C(=O)NC1CCC(N)CC1. The summed E-state index contributed by atoms with van der Waals surface area (Å²) >= 11 is 0. The number of ether oxygens (including phenoxy) is 1. The minimum absolute atomic E-state index is 0.0276. The maximum Gasteiger partial charge on any atom is 0.257 e. The lowest BCUT2D eigenvalue weighted by Crippen LogP contribution is -2.40. The van der Waals surface area contributed by atoms with Gasteiger partial charge in [-0.1, -0.05) is 42.5 Å². The Morgan fingerprint density at radius 1 is 1.17 bits per heavy atom. The molecular weight excluding hydrogens is 447 g/mol. The maximum atomic E-state index is 14.1. The zero-order valence-corrected chi connectivity index (χ0v) is 20.0. The van der Waals surface area contributed by atoms with Crippen LogP contribution in [0.2, 0.25) is 0 Å². The van der Waals surface area contributed by atoms with Crippen molar-refractivity contribution in [1.29, 1.82) is 0 Å². The Bertz CT molecular complexity index is 1180. The van der Waals surface area contributed by atoms with E-state index in [1.165, 1.54) is 0 Å². The van der Waals surface area contributed by atoms with E-state index in [0.29, 0.717) is 17.7 Å². The van der Waals surface area contributed by atoms with Crippen molar-refractivity contribution in [3.63, 3.8) is 0 Å². The molecule has 1 aliphatic carbocycles. The third kappa shape index (κ3) is 5.96. The summed E-state index contributed by atoms with van der Waals surface area (Å²) in [6.07, 6.45) is 4.17. The number of hydrogen-bond donors (Lipinski definition) is 3. The fraction of sp³-hybridized carbons (Fsp3) is 0.333. The van der Waals surface area contributed by atoms with Crippen LogP contribution in [0.25, 0.3) is 11.1 Å². The molecule has 0 saturated heterocycles. The van der Waals surface area contributed by atoms with Gasteiger partial charge in [0.2, 0.25) is 5.88 Å². The average Bonchev–Trinajstić information content (AvgIpc) is 2.84. The van der Waals surface area contributed by atoms with E-state index in [1.807, 2.05) is 61.5 Å². The van der Waals surface area contributed by atoms with Gasteiger partial charge in [0.25, 0.3) is 5.91 Å². The first-order valence-electron chi connectivity index (χ1n) is 11.8. The van der Waals surface area contributed by atoms with Crippen molar-refractivity contribution in [2.24, 2.45) is 5.73 Å². The molecule has 7 nitrogen and oxygen atoms in total. The van der Waals surface area contributed by atoms with Crippen LogP contribution in [0.4, 0.5) is 4.39 Å². The normalized spacial score (nSPS) is 17.9. The van der Waals surface area contributed by atoms with Crippen LogP contribution >= 0.6 is 0 Å². The van der Waals surface area contributed by atoms with Crippen LogP contribution in [0.1, 0.15) is 41.6 Å². The Balaban J connectivity index is 1.69. The van der Waals surface area contributed by atoms with Gasteiger partial charge in [0.05, 0.1) is 6.20 Å². The molecule has 4 N–H and O–H groups in total. The van der Waals surface area contributed by atoms with E-state index in [1.54, 1.807) is 0 Å². The summed E-state index contributed by atoms with van der Waals surface area (Å²) in [5.41, 5.74) is 8.03. The zero-order valence-electron chi connectivity index (χ0n) is 20.0. The van der Waals surface area contributed by atoms with Crippen molar-refractivity contribution in [2.45, 2.75) is 44.3 Å². The van der Waals surface area contributed by atoms with Gasteiger partial charge in [0.1, 0.15) is 11.4 Å². The third-order valence-electron chi connectivity index (χ3n) is 6.15. The number of nitrogens with two attached hydrogens (primary N) is 1. The Hall–Kier alpha value is -3.49. The molecule has 0 radical (unpaired) electrons. The van der Waals surface area contributed by atoms with Crippen LogP contribution in [-0.2, 0) is 6.54 Å². The summed E-state index contributed by atoms with van der Waals surface area (Å²) in [6.45, 7) is 0.475. The summed E-state index contributed by atoms with van der Waals surface area (Å²) in [4.78, 5) is 19.1. The molecule has 1 aromatic heterocycles. The molecule has 0 bridgehead atoms. The fourth-order valence-electron chi connectivity index (χ4n) is 4.34. The summed E-state index contributed by atoms with van der Waals surface area (Å²) in [7, 11) is 3.80. The molecule has 1 fully saturated rings. The van der Waals surface area contributed by atoms with Gasteiger partial charge in [-0.15, -0.1) is 0 Å². The minimum Gasteiger partial charge on any atom is -0.504 e. The molecule has 1 amide bonds. The van der Waals surface area contributed by atoms with Gasteiger partial charge >= 0.3 is 0 Å². The first kappa shape index (κ1) is 24.6. The van der Waals surface area contributed by atoms with Gasteiger partial charge in [-0.3, -0.25) is 4.79 Å². The van der Waals surface area contributed by atoms with Crippen molar-refractivity contribution in [1.82, 2.24) is 15.2 Å². The topological polar surface area (TPSA) is 101 Å². The number of phenolic OH excluding ortho intramolecular Hbond substituents is 1. The van der Waals surface area contributed by atoms with Gasteiger partial charge < -0.3 is 25.8 Å². The standard InChI is InChI=1S/C27H31FN4O3/c1-32(2)16-18-8-13-22(17-6-4-3-5-7-17)24(33)25(18)35-27-23(14-19(28)15-30-27)26(34)31-21-11-9-20(29)10-12-21/h3-8,13-15,20-21,33H,9-12,16,29H2,1-2H3,(H,31,34). The highest BCUT2D eigenvalue weighted by molar-refractivity contribution is 5.96. The van der Waals surface area contributed by atoms with Crippen molar-refractivity contribution < 1.29 is 19.0 Å². The number of nitrogens with one attached hydrogen (secondary N) is 1. The molecule has 2 aromatic carbocycles. The number of nitrogens with zero attached hydrogens (tertiary/aromatic N) is 2. The van der Waals surface area contributed by atoms with E-state index in [9.17, 15) is 14.3 Å². The molecule has 35 heavy (non-hydrogen) atoms. The Kier molecular flexibility index (Phi) is 7.63. The number of hydrogen-bond acceptors (Lipinski definition) is 6. The van der Waals surface area contributed by atoms with Crippen LogP contribution < -0.4 is 15.8 Å². The molecule has 1 aliphatic rings. The maximum absolute atomic E-state index is 14.1. The average molecular weight is 479 g/mol. The molecule has 3 aromatic rings.